The summed E-state index contributed by atoms with van der Waals surface area (Å²) in [5.74, 6) is 1.95. The number of rotatable bonds is 8. The molecule has 0 spiro atoms. The Hall–Kier alpha value is -3.18. The van der Waals surface area contributed by atoms with E-state index in [1.54, 1.807) is 32.6 Å². The van der Waals surface area contributed by atoms with Gasteiger partial charge < -0.3 is 14.2 Å². The molecule has 0 saturated carbocycles. The van der Waals surface area contributed by atoms with Crippen molar-refractivity contribution in [1.29, 1.82) is 0 Å². The van der Waals surface area contributed by atoms with Gasteiger partial charge >= 0.3 is 0 Å². The molecule has 3 aromatic carbocycles. The summed E-state index contributed by atoms with van der Waals surface area (Å²) in [6.45, 7) is 4.64. The van der Waals surface area contributed by atoms with Crippen LogP contribution in [0.1, 0.15) is 22.3 Å². The maximum absolute atomic E-state index is 6.13. The first-order chi connectivity index (χ1) is 14.5. The highest BCUT2D eigenvalue weighted by Crippen LogP contribution is 2.29. The summed E-state index contributed by atoms with van der Waals surface area (Å²) in [6.07, 6.45) is 1.70. The molecule has 0 aromatic heterocycles. The summed E-state index contributed by atoms with van der Waals surface area (Å²) in [4.78, 5) is 0. The molecule has 30 heavy (non-hydrogen) atoms. The minimum absolute atomic E-state index is 0.483. The molecule has 0 fully saturated rings. The predicted molar refractivity (Wildman–Crippen MR) is 122 cm³/mol. The smallest absolute Gasteiger partial charge is 0.161 e. The van der Waals surface area contributed by atoms with Crippen LogP contribution < -0.4 is 19.6 Å². The maximum atomic E-state index is 6.13. The summed E-state index contributed by atoms with van der Waals surface area (Å²) in [6, 6.07) is 17.4. The van der Waals surface area contributed by atoms with Crippen molar-refractivity contribution >= 4 is 23.5 Å². The van der Waals surface area contributed by atoms with E-state index in [1.807, 2.05) is 24.3 Å². The molecule has 0 aliphatic rings. The second-order valence-corrected chi connectivity index (χ2v) is 7.26. The largest absolute Gasteiger partial charge is 0.495 e. The van der Waals surface area contributed by atoms with Gasteiger partial charge in [-0.2, -0.15) is 5.10 Å². The zero-order valence-electron chi connectivity index (χ0n) is 17.5. The standard InChI is InChI=1S/C24H25ClN2O3/c1-16-5-6-17(2)19(11-16)15-30-23-9-7-18(12-24(23)29-4)14-26-27-20-8-10-22(28-3)21(25)13-20/h5-14,27H,15H2,1-4H3/b26-14+. The average Bonchev–Trinajstić information content (AvgIpc) is 2.75. The van der Waals surface area contributed by atoms with Gasteiger partial charge in [-0.3, -0.25) is 5.43 Å². The third-order valence-corrected chi connectivity index (χ3v) is 4.93. The number of nitrogens with zero attached hydrogens (tertiary/aromatic N) is 1. The SMILES string of the molecule is COc1ccc(N/N=C/c2ccc(OCc3cc(C)ccc3C)c(OC)c2)cc1Cl. The van der Waals surface area contributed by atoms with Gasteiger partial charge in [0.15, 0.2) is 11.5 Å². The fourth-order valence-corrected chi connectivity index (χ4v) is 3.17. The topological polar surface area (TPSA) is 52.1 Å². The summed E-state index contributed by atoms with van der Waals surface area (Å²) in [7, 11) is 3.20. The third-order valence-electron chi connectivity index (χ3n) is 4.63. The second kappa shape index (κ2) is 10.0. The second-order valence-electron chi connectivity index (χ2n) is 6.85. The third kappa shape index (κ3) is 5.45. The van der Waals surface area contributed by atoms with Crippen molar-refractivity contribution < 1.29 is 14.2 Å². The van der Waals surface area contributed by atoms with Gasteiger partial charge in [-0.05, 0) is 66.9 Å². The average molecular weight is 425 g/mol. The monoisotopic (exact) mass is 424 g/mol. The number of aryl methyl sites for hydroxylation is 2. The van der Waals surface area contributed by atoms with Gasteiger partial charge in [-0.25, -0.2) is 0 Å². The van der Waals surface area contributed by atoms with Crippen LogP contribution in [0.5, 0.6) is 17.2 Å². The molecule has 3 rings (SSSR count). The Kier molecular flexibility index (Phi) is 7.20. The highest BCUT2D eigenvalue weighted by atomic mass is 35.5. The molecule has 3 aromatic rings. The number of halogens is 1. The lowest BCUT2D eigenvalue weighted by molar-refractivity contribution is 0.284. The van der Waals surface area contributed by atoms with Crippen LogP contribution in [0.25, 0.3) is 0 Å². The molecule has 0 aliphatic carbocycles. The molecule has 0 atom stereocenters. The molecule has 0 heterocycles. The van der Waals surface area contributed by atoms with Gasteiger partial charge in [0.1, 0.15) is 12.4 Å². The molecule has 0 radical (unpaired) electrons. The number of hydrogen-bond donors (Lipinski definition) is 1. The molecular formula is C24H25ClN2O3. The minimum atomic E-state index is 0.483. The molecule has 0 unspecified atom stereocenters. The van der Waals surface area contributed by atoms with Gasteiger partial charge in [0, 0.05) is 0 Å². The zero-order valence-corrected chi connectivity index (χ0v) is 18.3. The van der Waals surface area contributed by atoms with E-state index in [0.717, 1.165) is 16.8 Å². The van der Waals surface area contributed by atoms with E-state index in [-0.39, 0.29) is 0 Å². The van der Waals surface area contributed by atoms with Crippen LogP contribution in [0, 0.1) is 13.8 Å². The van der Waals surface area contributed by atoms with Crippen molar-refractivity contribution in [2.45, 2.75) is 20.5 Å². The van der Waals surface area contributed by atoms with Gasteiger partial charge in [-0.15, -0.1) is 0 Å². The molecule has 1 N–H and O–H groups in total. The summed E-state index contributed by atoms with van der Waals surface area (Å²) >= 11 is 6.13. The first-order valence-corrected chi connectivity index (χ1v) is 9.87. The van der Waals surface area contributed by atoms with Crippen molar-refractivity contribution in [3.05, 3.63) is 81.9 Å². The number of methoxy groups -OCH3 is 2. The molecular weight excluding hydrogens is 400 g/mol. The predicted octanol–water partition coefficient (Wildman–Crippen LogP) is 6.00. The number of hydrazone groups is 1. The Morgan fingerprint density at radius 1 is 0.900 bits per heavy atom. The van der Waals surface area contributed by atoms with Crippen LogP contribution in [0.3, 0.4) is 0 Å². The summed E-state index contributed by atoms with van der Waals surface area (Å²) in [5.41, 5.74) is 8.16. The lowest BCUT2D eigenvalue weighted by atomic mass is 10.1. The van der Waals surface area contributed by atoms with E-state index < -0.39 is 0 Å². The molecule has 0 bridgehead atoms. The number of nitrogens with one attached hydrogen (secondary N) is 1. The number of anilines is 1. The Labute approximate surface area is 182 Å². The minimum Gasteiger partial charge on any atom is -0.495 e. The number of hydrogen-bond acceptors (Lipinski definition) is 5. The fraction of sp³-hybridized carbons (Fsp3) is 0.208. The highest BCUT2D eigenvalue weighted by molar-refractivity contribution is 6.32. The molecule has 0 amide bonds. The Morgan fingerprint density at radius 3 is 2.40 bits per heavy atom. The Balaban J connectivity index is 1.66. The lowest BCUT2D eigenvalue weighted by Gasteiger charge is -2.13. The van der Waals surface area contributed by atoms with Crippen molar-refractivity contribution in [1.82, 2.24) is 0 Å². The van der Waals surface area contributed by atoms with E-state index >= 15 is 0 Å². The fourth-order valence-electron chi connectivity index (χ4n) is 2.91. The summed E-state index contributed by atoms with van der Waals surface area (Å²) < 4.78 is 16.6. The van der Waals surface area contributed by atoms with E-state index in [4.69, 9.17) is 25.8 Å². The van der Waals surface area contributed by atoms with E-state index in [0.29, 0.717) is 28.9 Å². The van der Waals surface area contributed by atoms with Gasteiger partial charge in [0.2, 0.25) is 0 Å². The quantitative estimate of drug-likeness (QED) is 0.356. The van der Waals surface area contributed by atoms with E-state index in [1.165, 1.54) is 11.1 Å². The molecule has 5 nitrogen and oxygen atoms in total. The maximum Gasteiger partial charge on any atom is 0.161 e. The highest BCUT2D eigenvalue weighted by Gasteiger charge is 2.07. The van der Waals surface area contributed by atoms with Crippen LogP contribution >= 0.6 is 11.6 Å². The summed E-state index contributed by atoms with van der Waals surface area (Å²) in [5, 5.41) is 4.78. The Bertz CT molecular complexity index is 1050. The molecule has 0 aliphatic heterocycles. The van der Waals surface area contributed by atoms with Crippen LogP contribution in [-0.4, -0.2) is 20.4 Å². The molecule has 6 heteroatoms. The normalized spacial score (nSPS) is 10.8. The van der Waals surface area contributed by atoms with Gasteiger partial charge in [0.05, 0.1) is 31.1 Å². The molecule has 156 valence electrons. The first-order valence-electron chi connectivity index (χ1n) is 9.49. The van der Waals surface area contributed by atoms with E-state index in [9.17, 15) is 0 Å². The van der Waals surface area contributed by atoms with Gasteiger partial charge in [-0.1, -0.05) is 35.4 Å². The van der Waals surface area contributed by atoms with Crippen molar-refractivity contribution in [3.63, 3.8) is 0 Å². The van der Waals surface area contributed by atoms with Crippen LogP contribution in [0.4, 0.5) is 5.69 Å². The van der Waals surface area contributed by atoms with E-state index in [2.05, 4.69) is 42.6 Å². The zero-order chi connectivity index (χ0) is 21.5. The first kappa shape index (κ1) is 21.5. The van der Waals surface area contributed by atoms with Crippen molar-refractivity contribution in [3.8, 4) is 17.2 Å². The van der Waals surface area contributed by atoms with Crippen molar-refractivity contribution in [2.24, 2.45) is 5.10 Å². The van der Waals surface area contributed by atoms with Crippen LogP contribution in [0.2, 0.25) is 5.02 Å². The van der Waals surface area contributed by atoms with Crippen LogP contribution in [-0.2, 0) is 6.61 Å². The lowest BCUT2D eigenvalue weighted by Crippen LogP contribution is -2.00. The number of benzene rings is 3. The van der Waals surface area contributed by atoms with Gasteiger partial charge in [0.25, 0.3) is 0 Å². The Morgan fingerprint density at radius 2 is 1.67 bits per heavy atom. The molecule has 0 saturated heterocycles. The van der Waals surface area contributed by atoms with Crippen LogP contribution in [0.15, 0.2) is 59.7 Å². The van der Waals surface area contributed by atoms with Crippen molar-refractivity contribution in [2.75, 3.05) is 19.6 Å². The number of ether oxygens (including phenoxy) is 3.